The van der Waals surface area contributed by atoms with E-state index in [9.17, 15) is 13.2 Å². The van der Waals surface area contributed by atoms with Crippen molar-refractivity contribution in [3.63, 3.8) is 0 Å². The van der Waals surface area contributed by atoms with Crippen LogP contribution >= 0.6 is 0 Å². The highest BCUT2D eigenvalue weighted by molar-refractivity contribution is 7.90. The normalized spacial score (nSPS) is 10.7. The van der Waals surface area contributed by atoms with Gasteiger partial charge < -0.3 is 9.29 Å². The van der Waals surface area contributed by atoms with Crippen molar-refractivity contribution >= 4 is 16.1 Å². The predicted octanol–water partition coefficient (Wildman–Crippen LogP) is 1.24. The number of carbonyl (C=O) groups is 1. The highest BCUT2D eigenvalue weighted by Gasteiger charge is 2.15. The number of rotatable bonds is 4. The molecule has 1 aromatic rings. The van der Waals surface area contributed by atoms with Crippen LogP contribution < -0.4 is 4.18 Å². The van der Waals surface area contributed by atoms with Crippen molar-refractivity contribution in [2.45, 2.75) is 0 Å². The van der Waals surface area contributed by atoms with Crippen LogP contribution in [0.5, 0.6) is 5.75 Å². The third kappa shape index (κ3) is 2.81. The topological polar surface area (TPSA) is 80.7 Å². The van der Waals surface area contributed by atoms with E-state index in [-0.39, 0.29) is 11.3 Å². The molecule has 0 aliphatic heterocycles. The molecule has 1 aromatic carbocycles. The molecule has 0 saturated heterocycles. The van der Waals surface area contributed by atoms with E-state index >= 15 is 0 Å². The molecular weight excluding hydrogens is 220 g/mol. The van der Waals surface area contributed by atoms with E-state index < -0.39 is 16.1 Å². The molecule has 6 heteroatoms. The Morgan fingerprint density at radius 3 is 2.53 bits per heavy atom. The van der Waals surface area contributed by atoms with Crippen molar-refractivity contribution in [3.05, 3.63) is 41.8 Å². The third-order valence-electron chi connectivity index (χ3n) is 1.53. The van der Waals surface area contributed by atoms with Crippen LogP contribution in [0, 0.1) is 0 Å². The largest absolute Gasteiger partial charge is 0.478 e. The number of aromatic carboxylic acids is 1. The van der Waals surface area contributed by atoms with Crippen LogP contribution in [0.3, 0.4) is 0 Å². The number of carboxylic acid groups (broad SMARTS) is 1. The molecule has 0 unspecified atom stereocenters. The summed E-state index contributed by atoms with van der Waals surface area (Å²) >= 11 is 0. The fourth-order valence-electron chi connectivity index (χ4n) is 0.875. The summed E-state index contributed by atoms with van der Waals surface area (Å²) in [7, 11) is -3.93. The molecule has 0 bridgehead atoms. The van der Waals surface area contributed by atoms with Crippen molar-refractivity contribution in [1.29, 1.82) is 0 Å². The maximum Gasteiger partial charge on any atom is 0.339 e. The first-order chi connectivity index (χ1) is 6.96. The summed E-state index contributed by atoms with van der Waals surface area (Å²) in [4.78, 5) is 10.7. The van der Waals surface area contributed by atoms with Gasteiger partial charge in [0.1, 0.15) is 5.56 Å². The zero-order valence-corrected chi connectivity index (χ0v) is 8.40. The standard InChI is InChI=1S/C9H8O5S/c1-2-15(12,13)14-8-6-4-3-5-7(8)9(10)11/h2-6H,1H2,(H,10,11). The minimum Gasteiger partial charge on any atom is -0.478 e. The van der Waals surface area contributed by atoms with Gasteiger partial charge in [-0.2, -0.15) is 8.42 Å². The van der Waals surface area contributed by atoms with E-state index in [0.717, 1.165) is 0 Å². The van der Waals surface area contributed by atoms with Gasteiger partial charge in [0.2, 0.25) is 0 Å². The molecule has 0 amide bonds. The molecular formula is C9H8O5S. The first-order valence-electron chi connectivity index (χ1n) is 3.85. The molecule has 80 valence electrons. The minimum absolute atomic E-state index is 0.220. The summed E-state index contributed by atoms with van der Waals surface area (Å²) in [5, 5.41) is 9.34. The molecule has 0 aliphatic carbocycles. The number of benzene rings is 1. The zero-order valence-electron chi connectivity index (χ0n) is 7.58. The van der Waals surface area contributed by atoms with Crippen LogP contribution in [0.25, 0.3) is 0 Å². The van der Waals surface area contributed by atoms with E-state index in [1.165, 1.54) is 24.3 Å². The van der Waals surface area contributed by atoms with Gasteiger partial charge in [0, 0.05) is 0 Å². The Bertz CT molecular complexity index is 489. The second-order valence-corrected chi connectivity index (χ2v) is 4.03. The van der Waals surface area contributed by atoms with Crippen LogP contribution in [-0.4, -0.2) is 19.5 Å². The van der Waals surface area contributed by atoms with Crippen LogP contribution in [0.4, 0.5) is 0 Å². The average Bonchev–Trinajstić information content (AvgIpc) is 2.18. The molecule has 0 radical (unpaired) electrons. The minimum atomic E-state index is -3.93. The Morgan fingerprint density at radius 2 is 2.00 bits per heavy atom. The predicted molar refractivity (Wildman–Crippen MR) is 53.1 cm³/mol. The van der Waals surface area contributed by atoms with Crippen molar-refractivity contribution in [2.75, 3.05) is 0 Å². The SMILES string of the molecule is C=CS(=O)(=O)Oc1ccccc1C(=O)O. The van der Waals surface area contributed by atoms with Crippen molar-refractivity contribution < 1.29 is 22.5 Å². The van der Waals surface area contributed by atoms with Crippen LogP contribution in [-0.2, 0) is 10.1 Å². The van der Waals surface area contributed by atoms with Gasteiger partial charge in [0.15, 0.2) is 5.75 Å². The third-order valence-corrected chi connectivity index (χ3v) is 2.35. The van der Waals surface area contributed by atoms with E-state index in [1.54, 1.807) is 0 Å². The van der Waals surface area contributed by atoms with Gasteiger partial charge in [-0.05, 0) is 12.1 Å². The Morgan fingerprint density at radius 1 is 1.40 bits per heavy atom. The van der Waals surface area contributed by atoms with Crippen LogP contribution in [0.15, 0.2) is 36.3 Å². The van der Waals surface area contributed by atoms with E-state index in [2.05, 4.69) is 10.8 Å². The summed E-state index contributed by atoms with van der Waals surface area (Å²) in [6, 6.07) is 5.44. The summed E-state index contributed by atoms with van der Waals surface area (Å²) in [6.45, 7) is 3.04. The molecule has 15 heavy (non-hydrogen) atoms. The summed E-state index contributed by atoms with van der Waals surface area (Å²) in [6.07, 6.45) is 0. The van der Waals surface area contributed by atoms with Crippen molar-refractivity contribution in [3.8, 4) is 5.75 Å². The zero-order chi connectivity index (χ0) is 11.5. The lowest BCUT2D eigenvalue weighted by molar-refractivity contribution is 0.0695. The Hall–Kier alpha value is -1.82. The molecule has 0 heterocycles. The molecule has 0 aromatic heterocycles. The Labute approximate surface area is 86.7 Å². The molecule has 1 rings (SSSR count). The lowest BCUT2D eigenvalue weighted by atomic mass is 10.2. The monoisotopic (exact) mass is 228 g/mol. The maximum absolute atomic E-state index is 11.0. The van der Waals surface area contributed by atoms with E-state index in [1.807, 2.05) is 0 Å². The van der Waals surface area contributed by atoms with Gasteiger partial charge >= 0.3 is 16.1 Å². The Balaban J connectivity index is 3.16. The fraction of sp³-hybridized carbons (Fsp3) is 0. The second kappa shape index (κ2) is 4.14. The smallest absolute Gasteiger partial charge is 0.339 e. The lowest BCUT2D eigenvalue weighted by Gasteiger charge is -2.05. The molecule has 0 spiro atoms. The highest BCUT2D eigenvalue weighted by Crippen LogP contribution is 2.19. The van der Waals surface area contributed by atoms with Gasteiger partial charge in [-0.15, -0.1) is 0 Å². The number of hydrogen-bond acceptors (Lipinski definition) is 4. The summed E-state index contributed by atoms with van der Waals surface area (Å²) in [5.74, 6) is -1.49. The van der Waals surface area contributed by atoms with Crippen molar-refractivity contribution in [1.82, 2.24) is 0 Å². The van der Waals surface area contributed by atoms with Gasteiger partial charge in [-0.3, -0.25) is 0 Å². The van der Waals surface area contributed by atoms with Crippen LogP contribution in [0.2, 0.25) is 0 Å². The van der Waals surface area contributed by atoms with Gasteiger partial charge in [-0.25, -0.2) is 4.79 Å². The molecule has 0 fully saturated rings. The summed E-state index contributed by atoms with van der Waals surface area (Å²) < 4.78 is 26.5. The van der Waals surface area contributed by atoms with Crippen LogP contribution in [0.1, 0.15) is 10.4 Å². The second-order valence-electron chi connectivity index (χ2n) is 2.54. The molecule has 0 aliphatic rings. The highest BCUT2D eigenvalue weighted by atomic mass is 32.2. The van der Waals surface area contributed by atoms with Gasteiger partial charge in [-0.1, -0.05) is 18.7 Å². The molecule has 0 saturated carbocycles. The number of carboxylic acids is 1. The average molecular weight is 228 g/mol. The number of hydrogen-bond donors (Lipinski definition) is 1. The molecule has 1 N–H and O–H groups in total. The quantitative estimate of drug-likeness (QED) is 0.784. The van der Waals surface area contributed by atoms with E-state index in [0.29, 0.717) is 5.41 Å². The van der Waals surface area contributed by atoms with E-state index in [4.69, 9.17) is 5.11 Å². The first kappa shape index (κ1) is 11.3. The van der Waals surface area contributed by atoms with Crippen molar-refractivity contribution in [2.24, 2.45) is 0 Å². The Kier molecular flexibility index (Phi) is 3.11. The lowest BCUT2D eigenvalue weighted by Crippen LogP contribution is -2.08. The summed E-state index contributed by atoms with van der Waals surface area (Å²) in [5.41, 5.74) is -0.220. The molecule has 0 atom stereocenters. The molecule has 5 nitrogen and oxygen atoms in total. The van der Waals surface area contributed by atoms with Gasteiger partial charge in [0.05, 0.1) is 5.41 Å². The number of para-hydroxylation sites is 1. The maximum atomic E-state index is 11.0. The van der Waals surface area contributed by atoms with Gasteiger partial charge in [0.25, 0.3) is 0 Å². The fourth-order valence-corrected chi connectivity index (χ4v) is 1.34. The first-order valence-corrected chi connectivity index (χ1v) is 5.32.